The largest absolute Gasteiger partial charge is 0.283 e. The van der Waals surface area contributed by atoms with Crippen LogP contribution in [0.4, 0.5) is 0 Å². The molecule has 0 unspecified atom stereocenters. The summed E-state index contributed by atoms with van der Waals surface area (Å²) in [6.45, 7) is 6.57. The van der Waals surface area contributed by atoms with Crippen LogP contribution in [0.1, 0.15) is 38.3 Å². The SMILES string of the molecule is CC[C@@]1(C)Cc2ccccc2C(C)=N1. The van der Waals surface area contributed by atoms with Crippen molar-refractivity contribution in [1.82, 2.24) is 0 Å². The first-order valence-corrected chi connectivity index (χ1v) is 5.29. The Morgan fingerprint density at radius 2 is 2.07 bits per heavy atom. The first kappa shape index (κ1) is 9.45. The standard InChI is InChI=1S/C13H17N/c1-4-13(3)9-11-7-5-6-8-12(11)10(2)14-13/h5-8H,4,9H2,1-3H3/t13-/m0/s1. The smallest absolute Gasteiger partial charge is 0.0621 e. The lowest BCUT2D eigenvalue weighted by Gasteiger charge is -2.30. The van der Waals surface area contributed by atoms with Gasteiger partial charge in [0.25, 0.3) is 0 Å². The number of rotatable bonds is 1. The third-order valence-electron chi connectivity index (χ3n) is 3.18. The van der Waals surface area contributed by atoms with Crippen molar-refractivity contribution in [2.75, 3.05) is 0 Å². The first-order valence-electron chi connectivity index (χ1n) is 5.29. The Balaban J connectivity index is 2.49. The van der Waals surface area contributed by atoms with Crippen molar-refractivity contribution in [2.24, 2.45) is 4.99 Å². The lowest BCUT2D eigenvalue weighted by atomic mass is 9.84. The zero-order chi connectivity index (χ0) is 10.2. The quantitative estimate of drug-likeness (QED) is 0.640. The van der Waals surface area contributed by atoms with Gasteiger partial charge in [-0.1, -0.05) is 31.2 Å². The van der Waals surface area contributed by atoms with Gasteiger partial charge in [-0.15, -0.1) is 0 Å². The third-order valence-corrected chi connectivity index (χ3v) is 3.18. The molecule has 1 aromatic rings. The zero-order valence-electron chi connectivity index (χ0n) is 9.17. The minimum atomic E-state index is 0.123. The molecule has 1 heteroatoms. The summed E-state index contributed by atoms with van der Waals surface area (Å²) in [5.41, 5.74) is 4.09. The topological polar surface area (TPSA) is 12.4 Å². The molecule has 0 radical (unpaired) electrons. The Morgan fingerprint density at radius 1 is 1.36 bits per heavy atom. The molecule has 1 aliphatic heterocycles. The molecule has 0 amide bonds. The Kier molecular flexibility index (Phi) is 2.18. The van der Waals surface area contributed by atoms with E-state index in [0.717, 1.165) is 12.8 Å². The Labute approximate surface area is 85.9 Å². The highest BCUT2D eigenvalue weighted by molar-refractivity contribution is 6.01. The van der Waals surface area contributed by atoms with Crippen LogP contribution in [-0.4, -0.2) is 11.3 Å². The van der Waals surface area contributed by atoms with E-state index in [1.807, 2.05) is 0 Å². The highest BCUT2D eigenvalue weighted by atomic mass is 14.9. The summed E-state index contributed by atoms with van der Waals surface area (Å²) >= 11 is 0. The molecule has 0 spiro atoms. The van der Waals surface area contributed by atoms with Crippen molar-refractivity contribution in [3.05, 3.63) is 35.4 Å². The van der Waals surface area contributed by atoms with Gasteiger partial charge >= 0.3 is 0 Å². The molecule has 74 valence electrons. The van der Waals surface area contributed by atoms with Crippen LogP contribution in [0, 0.1) is 0 Å². The van der Waals surface area contributed by atoms with Gasteiger partial charge in [0.05, 0.1) is 5.54 Å². The van der Waals surface area contributed by atoms with E-state index in [2.05, 4.69) is 45.0 Å². The average Bonchev–Trinajstić information content (AvgIpc) is 2.18. The zero-order valence-corrected chi connectivity index (χ0v) is 9.17. The van der Waals surface area contributed by atoms with E-state index in [0.29, 0.717) is 0 Å². The average molecular weight is 187 g/mol. The van der Waals surface area contributed by atoms with Gasteiger partial charge < -0.3 is 0 Å². The van der Waals surface area contributed by atoms with E-state index in [1.165, 1.54) is 16.8 Å². The molecule has 0 fully saturated rings. The number of nitrogens with zero attached hydrogens (tertiary/aromatic N) is 1. The van der Waals surface area contributed by atoms with Crippen LogP contribution in [0.25, 0.3) is 0 Å². The van der Waals surface area contributed by atoms with E-state index >= 15 is 0 Å². The van der Waals surface area contributed by atoms with E-state index in [9.17, 15) is 0 Å². The lowest BCUT2D eigenvalue weighted by molar-refractivity contribution is 0.447. The van der Waals surface area contributed by atoms with Crippen molar-refractivity contribution < 1.29 is 0 Å². The fourth-order valence-electron chi connectivity index (χ4n) is 2.15. The molecule has 0 aromatic heterocycles. The minimum absolute atomic E-state index is 0.123. The molecule has 1 aliphatic rings. The highest BCUT2D eigenvalue weighted by Gasteiger charge is 2.27. The molecule has 0 saturated heterocycles. The summed E-state index contributed by atoms with van der Waals surface area (Å²) in [5.74, 6) is 0. The van der Waals surface area contributed by atoms with Gasteiger partial charge in [-0.25, -0.2) is 0 Å². The molecule has 0 bridgehead atoms. The second-order valence-electron chi connectivity index (χ2n) is 4.38. The van der Waals surface area contributed by atoms with Crippen LogP contribution in [0.2, 0.25) is 0 Å². The second kappa shape index (κ2) is 3.23. The Morgan fingerprint density at radius 3 is 2.79 bits per heavy atom. The van der Waals surface area contributed by atoms with Crippen LogP contribution in [0.3, 0.4) is 0 Å². The molecular formula is C13H17N. The van der Waals surface area contributed by atoms with Crippen molar-refractivity contribution in [2.45, 2.75) is 39.2 Å². The third kappa shape index (κ3) is 1.47. The maximum atomic E-state index is 4.79. The predicted octanol–water partition coefficient (Wildman–Crippen LogP) is 3.22. The van der Waals surface area contributed by atoms with Gasteiger partial charge in [0.15, 0.2) is 0 Å². The number of hydrogen-bond acceptors (Lipinski definition) is 1. The van der Waals surface area contributed by atoms with Gasteiger partial charge in [0.1, 0.15) is 0 Å². The fourth-order valence-corrected chi connectivity index (χ4v) is 2.15. The van der Waals surface area contributed by atoms with Crippen molar-refractivity contribution in [3.63, 3.8) is 0 Å². The number of aliphatic imine (C=N–C) groups is 1. The summed E-state index contributed by atoms with van der Waals surface area (Å²) in [6.07, 6.45) is 2.19. The molecule has 1 heterocycles. The normalized spacial score (nSPS) is 25.5. The summed E-state index contributed by atoms with van der Waals surface area (Å²) in [6, 6.07) is 8.60. The van der Waals surface area contributed by atoms with Crippen LogP contribution in [0.15, 0.2) is 29.3 Å². The van der Waals surface area contributed by atoms with Gasteiger partial charge in [0.2, 0.25) is 0 Å². The van der Waals surface area contributed by atoms with E-state index in [1.54, 1.807) is 0 Å². The van der Waals surface area contributed by atoms with Crippen LogP contribution < -0.4 is 0 Å². The maximum absolute atomic E-state index is 4.79. The monoisotopic (exact) mass is 187 g/mol. The Bertz CT molecular complexity index is 379. The molecule has 0 aliphatic carbocycles. The first-order chi connectivity index (χ1) is 6.64. The highest BCUT2D eigenvalue weighted by Crippen LogP contribution is 2.29. The second-order valence-corrected chi connectivity index (χ2v) is 4.38. The van der Waals surface area contributed by atoms with Crippen molar-refractivity contribution in [1.29, 1.82) is 0 Å². The van der Waals surface area contributed by atoms with Crippen LogP contribution >= 0.6 is 0 Å². The van der Waals surface area contributed by atoms with Gasteiger partial charge in [-0.05, 0) is 37.8 Å². The molecular weight excluding hydrogens is 170 g/mol. The van der Waals surface area contributed by atoms with Crippen LogP contribution in [0.5, 0.6) is 0 Å². The Hall–Kier alpha value is -1.11. The molecule has 1 nitrogen and oxygen atoms in total. The molecule has 2 rings (SSSR count). The number of fused-ring (bicyclic) bond motifs is 1. The summed E-state index contributed by atoms with van der Waals surface area (Å²) in [4.78, 5) is 4.79. The van der Waals surface area contributed by atoms with Crippen molar-refractivity contribution >= 4 is 5.71 Å². The van der Waals surface area contributed by atoms with E-state index in [-0.39, 0.29) is 5.54 Å². The molecule has 1 atom stereocenters. The van der Waals surface area contributed by atoms with E-state index in [4.69, 9.17) is 4.99 Å². The number of hydrogen-bond donors (Lipinski definition) is 0. The van der Waals surface area contributed by atoms with Crippen molar-refractivity contribution in [3.8, 4) is 0 Å². The summed E-state index contributed by atoms with van der Waals surface area (Å²) < 4.78 is 0. The maximum Gasteiger partial charge on any atom is 0.0621 e. The summed E-state index contributed by atoms with van der Waals surface area (Å²) in [5, 5.41) is 0. The van der Waals surface area contributed by atoms with Gasteiger partial charge in [-0.3, -0.25) is 4.99 Å². The summed E-state index contributed by atoms with van der Waals surface area (Å²) in [7, 11) is 0. The van der Waals surface area contributed by atoms with Crippen LogP contribution in [-0.2, 0) is 6.42 Å². The minimum Gasteiger partial charge on any atom is -0.283 e. The molecule has 1 aromatic carbocycles. The predicted molar refractivity (Wildman–Crippen MR) is 61.1 cm³/mol. The molecule has 0 saturated carbocycles. The fraction of sp³-hybridized carbons (Fsp3) is 0.462. The number of benzene rings is 1. The molecule has 0 N–H and O–H groups in total. The lowest BCUT2D eigenvalue weighted by Crippen LogP contribution is -2.30. The molecule has 14 heavy (non-hydrogen) atoms. The van der Waals surface area contributed by atoms with E-state index < -0.39 is 0 Å². The van der Waals surface area contributed by atoms with Gasteiger partial charge in [-0.2, -0.15) is 0 Å². The van der Waals surface area contributed by atoms with Gasteiger partial charge in [0, 0.05) is 5.71 Å².